The molecule has 1 atom stereocenters. The minimum absolute atomic E-state index is 0.278. The average molecular weight is 305 g/mol. The fourth-order valence-electron chi connectivity index (χ4n) is 4.11. The molecule has 2 aliphatic rings. The Hall–Kier alpha value is -0.510. The van der Waals surface area contributed by atoms with Crippen LogP contribution < -0.4 is 5.73 Å². The third-order valence-corrected chi connectivity index (χ3v) is 6.62. The average Bonchev–Trinajstić information content (AvgIpc) is 2.56. The molecule has 0 radical (unpaired) electrons. The monoisotopic (exact) mass is 304 g/mol. The third kappa shape index (κ3) is 3.30. The molecule has 1 aliphatic carbocycles. The van der Waals surface area contributed by atoms with Gasteiger partial charge >= 0.3 is 0 Å². The topological polar surface area (TPSA) is 29.3 Å². The van der Waals surface area contributed by atoms with Crippen LogP contribution in [0.1, 0.15) is 44.1 Å². The van der Waals surface area contributed by atoms with E-state index in [1.807, 2.05) is 0 Å². The van der Waals surface area contributed by atoms with Crippen LogP contribution in [0.3, 0.4) is 0 Å². The third-order valence-electron chi connectivity index (χ3n) is 5.48. The molecular formula is C18H28N2S. The summed E-state index contributed by atoms with van der Waals surface area (Å²) in [5.41, 5.74) is 8.05. The molecule has 0 aromatic heterocycles. The minimum Gasteiger partial charge on any atom is -0.329 e. The Kier molecular flexibility index (Phi) is 4.92. The zero-order chi connectivity index (χ0) is 14.7. The minimum atomic E-state index is 0.278. The number of hydrogen-bond donors (Lipinski definition) is 1. The van der Waals surface area contributed by atoms with Gasteiger partial charge in [-0.3, -0.25) is 4.90 Å². The first-order chi connectivity index (χ1) is 10.2. The Balaban J connectivity index is 1.67. The van der Waals surface area contributed by atoms with Gasteiger partial charge in [-0.1, -0.05) is 37.3 Å². The van der Waals surface area contributed by atoms with Crippen LogP contribution in [0.5, 0.6) is 0 Å². The van der Waals surface area contributed by atoms with E-state index in [0.29, 0.717) is 0 Å². The van der Waals surface area contributed by atoms with Gasteiger partial charge in [-0.15, -0.1) is 0 Å². The molecule has 2 fully saturated rings. The lowest BCUT2D eigenvalue weighted by molar-refractivity contribution is 0.0556. The second-order valence-electron chi connectivity index (χ2n) is 6.74. The summed E-state index contributed by atoms with van der Waals surface area (Å²) in [7, 11) is 0. The summed E-state index contributed by atoms with van der Waals surface area (Å²) in [6.07, 6.45) is 5.11. The molecule has 1 saturated heterocycles. The van der Waals surface area contributed by atoms with Crippen molar-refractivity contribution in [2.45, 2.75) is 49.3 Å². The van der Waals surface area contributed by atoms with E-state index in [2.05, 4.69) is 53.9 Å². The van der Waals surface area contributed by atoms with Crippen LogP contribution in [0.15, 0.2) is 30.3 Å². The fraction of sp³-hybridized carbons (Fsp3) is 0.667. The summed E-state index contributed by atoms with van der Waals surface area (Å²) < 4.78 is 0. The highest BCUT2D eigenvalue weighted by molar-refractivity contribution is 7.99. The maximum absolute atomic E-state index is 6.25. The lowest BCUT2D eigenvalue weighted by Gasteiger charge is -2.50. The molecule has 2 nitrogen and oxygen atoms in total. The van der Waals surface area contributed by atoms with Crippen molar-refractivity contribution >= 4 is 11.8 Å². The molecule has 0 spiro atoms. The summed E-state index contributed by atoms with van der Waals surface area (Å²) in [5.74, 6) is 2.01. The van der Waals surface area contributed by atoms with Gasteiger partial charge in [0, 0.05) is 36.2 Å². The van der Waals surface area contributed by atoms with Crippen molar-refractivity contribution in [2.75, 3.05) is 25.4 Å². The van der Waals surface area contributed by atoms with Crippen molar-refractivity contribution in [2.24, 2.45) is 5.73 Å². The summed E-state index contributed by atoms with van der Waals surface area (Å²) in [5, 5.41) is 0.758. The summed E-state index contributed by atoms with van der Waals surface area (Å²) in [4.78, 5) is 2.72. The van der Waals surface area contributed by atoms with Crippen molar-refractivity contribution in [1.29, 1.82) is 0 Å². The van der Waals surface area contributed by atoms with E-state index in [9.17, 15) is 0 Å². The maximum atomic E-state index is 6.25. The molecule has 1 aromatic carbocycles. The van der Waals surface area contributed by atoms with Crippen LogP contribution in [0.2, 0.25) is 0 Å². The quantitative estimate of drug-likeness (QED) is 0.927. The number of benzene rings is 1. The van der Waals surface area contributed by atoms with Crippen molar-refractivity contribution in [3.63, 3.8) is 0 Å². The summed E-state index contributed by atoms with van der Waals surface area (Å²) in [6, 6.07) is 11.0. The predicted molar refractivity (Wildman–Crippen MR) is 92.9 cm³/mol. The van der Waals surface area contributed by atoms with Crippen molar-refractivity contribution in [3.8, 4) is 0 Å². The summed E-state index contributed by atoms with van der Waals surface area (Å²) in [6.45, 7) is 5.63. The van der Waals surface area contributed by atoms with E-state index >= 15 is 0 Å². The highest BCUT2D eigenvalue weighted by atomic mass is 32.2. The lowest BCUT2D eigenvalue weighted by atomic mass is 9.73. The Bertz CT molecular complexity index is 440. The first-order valence-electron chi connectivity index (χ1n) is 8.35. The zero-order valence-electron chi connectivity index (χ0n) is 13.1. The van der Waals surface area contributed by atoms with Crippen LogP contribution in [-0.4, -0.2) is 41.1 Å². The largest absolute Gasteiger partial charge is 0.329 e. The van der Waals surface area contributed by atoms with Crippen molar-refractivity contribution in [1.82, 2.24) is 4.90 Å². The van der Waals surface area contributed by atoms with E-state index in [-0.39, 0.29) is 5.54 Å². The molecule has 1 aromatic rings. The molecule has 3 heteroatoms. The van der Waals surface area contributed by atoms with Crippen molar-refractivity contribution in [3.05, 3.63) is 35.9 Å². The molecule has 1 heterocycles. The van der Waals surface area contributed by atoms with E-state index in [1.165, 1.54) is 50.1 Å². The maximum Gasteiger partial charge on any atom is 0.0332 e. The van der Waals surface area contributed by atoms with Crippen LogP contribution in [0, 0.1) is 0 Å². The molecule has 3 rings (SSSR count). The lowest BCUT2D eigenvalue weighted by Crippen LogP contribution is -2.58. The SMILES string of the molecule is CC1CN(C2(CN)CCC(c3ccccc3)CC2)CCS1. The van der Waals surface area contributed by atoms with E-state index in [1.54, 1.807) is 0 Å². The number of thioether (sulfide) groups is 1. The van der Waals surface area contributed by atoms with E-state index in [0.717, 1.165) is 17.7 Å². The number of nitrogens with zero attached hydrogens (tertiary/aromatic N) is 1. The van der Waals surface area contributed by atoms with Gasteiger partial charge in [0.15, 0.2) is 0 Å². The van der Waals surface area contributed by atoms with Gasteiger partial charge in [-0.05, 0) is 37.2 Å². The van der Waals surface area contributed by atoms with Gasteiger partial charge in [0.25, 0.3) is 0 Å². The molecule has 1 aliphatic heterocycles. The highest BCUT2D eigenvalue weighted by Crippen LogP contribution is 2.41. The van der Waals surface area contributed by atoms with Gasteiger partial charge in [-0.2, -0.15) is 11.8 Å². The second kappa shape index (κ2) is 6.72. The highest BCUT2D eigenvalue weighted by Gasteiger charge is 2.40. The molecule has 1 unspecified atom stereocenters. The molecule has 0 bridgehead atoms. The van der Waals surface area contributed by atoms with Crippen molar-refractivity contribution < 1.29 is 0 Å². The molecule has 1 saturated carbocycles. The molecule has 2 N–H and O–H groups in total. The van der Waals surface area contributed by atoms with Gasteiger partial charge in [0.05, 0.1) is 0 Å². The van der Waals surface area contributed by atoms with Gasteiger partial charge in [0.1, 0.15) is 0 Å². The second-order valence-corrected chi connectivity index (χ2v) is 8.29. The Labute approximate surface area is 133 Å². The van der Waals surface area contributed by atoms with Gasteiger partial charge in [0.2, 0.25) is 0 Å². The summed E-state index contributed by atoms with van der Waals surface area (Å²) >= 11 is 2.11. The smallest absolute Gasteiger partial charge is 0.0332 e. The standard InChI is InChI=1S/C18H28N2S/c1-15-13-20(11-12-21-15)18(14-19)9-7-17(8-10-18)16-5-3-2-4-6-16/h2-6,15,17H,7-14,19H2,1H3. The van der Waals surface area contributed by atoms with Gasteiger partial charge < -0.3 is 5.73 Å². The number of rotatable bonds is 3. The number of nitrogens with two attached hydrogens (primary N) is 1. The van der Waals surface area contributed by atoms with Crippen LogP contribution in [0.4, 0.5) is 0 Å². The Morgan fingerprint density at radius 2 is 1.95 bits per heavy atom. The van der Waals surface area contributed by atoms with Crippen LogP contribution >= 0.6 is 11.8 Å². The molecule has 21 heavy (non-hydrogen) atoms. The number of hydrogen-bond acceptors (Lipinski definition) is 3. The van der Waals surface area contributed by atoms with Gasteiger partial charge in [-0.25, -0.2) is 0 Å². The van der Waals surface area contributed by atoms with E-state index in [4.69, 9.17) is 5.73 Å². The van der Waals surface area contributed by atoms with Crippen LogP contribution in [0.25, 0.3) is 0 Å². The molecule has 0 amide bonds. The predicted octanol–water partition coefficient (Wildman–Crippen LogP) is 3.48. The van der Waals surface area contributed by atoms with Crippen LogP contribution in [-0.2, 0) is 0 Å². The first kappa shape index (κ1) is 15.4. The molecular weight excluding hydrogens is 276 g/mol. The Morgan fingerprint density at radius 3 is 2.57 bits per heavy atom. The fourth-order valence-corrected chi connectivity index (χ4v) is 5.13. The zero-order valence-corrected chi connectivity index (χ0v) is 13.9. The Morgan fingerprint density at radius 1 is 1.24 bits per heavy atom. The molecule has 116 valence electrons. The normalized spacial score (nSPS) is 34.8. The first-order valence-corrected chi connectivity index (χ1v) is 9.40. The van der Waals surface area contributed by atoms with E-state index < -0.39 is 0 Å².